The fourth-order valence-electron chi connectivity index (χ4n) is 1.83. The van der Waals surface area contributed by atoms with Crippen molar-refractivity contribution in [1.82, 2.24) is 4.98 Å². The van der Waals surface area contributed by atoms with E-state index in [-0.39, 0.29) is 24.8 Å². The smallest absolute Gasteiger partial charge is 0.145 e. The lowest BCUT2D eigenvalue weighted by atomic mass is 10.1. The van der Waals surface area contributed by atoms with E-state index in [2.05, 4.69) is 15.5 Å². The summed E-state index contributed by atoms with van der Waals surface area (Å²) in [6.07, 6.45) is 2.96. The number of para-hydroxylation sites is 2. The molecule has 0 unspecified atom stereocenters. The van der Waals surface area contributed by atoms with Gasteiger partial charge in [-0.2, -0.15) is 5.10 Å². The van der Waals surface area contributed by atoms with Gasteiger partial charge in [-0.1, -0.05) is 12.1 Å². The van der Waals surface area contributed by atoms with Crippen molar-refractivity contribution >= 4 is 24.3 Å². The number of anilines is 1. The molecule has 0 fully saturated rings. The van der Waals surface area contributed by atoms with Crippen LogP contribution in [0.2, 0.25) is 0 Å². The second-order valence-corrected chi connectivity index (χ2v) is 4.36. The number of methoxy groups -OCH3 is 1. The third-order valence-corrected chi connectivity index (χ3v) is 3.01. The summed E-state index contributed by atoms with van der Waals surface area (Å²) in [4.78, 5) is 3.99. The Morgan fingerprint density at radius 1 is 1.36 bits per heavy atom. The third-order valence-electron chi connectivity index (χ3n) is 3.01. The normalized spacial score (nSPS) is 10.3. The van der Waals surface area contributed by atoms with Crippen molar-refractivity contribution in [1.29, 1.82) is 0 Å². The Labute approximate surface area is 134 Å². The Morgan fingerprint density at radius 2 is 2.09 bits per heavy atom. The molecule has 2 rings (SSSR count). The van der Waals surface area contributed by atoms with Gasteiger partial charge in [-0.25, -0.2) is 0 Å². The molecule has 0 aliphatic heterocycles. The van der Waals surface area contributed by atoms with Gasteiger partial charge in [-0.15, -0.1) is 12.4 Å². The molecule has 6 nitrogen and oxygen atoms in total. The molecule has 0 spiro atoms. The number of hydrazone groups is 1. The van der Waals surface area contributed by atoms with Crippen LogP contribution in [-0.4, -0.2) is 28.5 Å². The molecule has 0 amide bonds. The number of hydrogen-bond donors (Lipinski definition) is 3. The zero-order valence-corrected chi connectivity index (χ0v) is 13.1. The van der Waals surface area contributed by atoms with Gasteiger partial charge in [0.1, 0.15) is 11.5 Å². The number of halogens is 1. The van der Waals surface area contributed by atoms with E-state index in [9.17, 15) is 10.2 Å². The number of pyridine rings is 1. The number of ether oxygens (including phenoxy) is 1. The Bertz CT molecular complexity index is 662. The topological polar surface area (TPSA) is 87.0 Å². The van der Waals surface area contributed by atoms with Crippen LogP contribution >= 0.6 is 12.4 Å². The molecule has 7 heteroatoms. The van der Waals surface area contributed by atoms with Crippen molar-refractivity contribution in [2.24, 2.45) is 5.10 Å². The van der Waals surface area contributed by atoms with Crippen molar-refractivity contribution in [3.8, 4) is 11.5 Å². The number of aromatic hydroxyl groups is 1. The fourth-order valence-corrected chi connectivity index (χ4v) is 1.83. The molecule has 0 radical (unpaired) electrons. The van der Waals surface area contributed by atoms with Gasteiger partial charge in [0.05, 0.1) is 31.3 Å². The first kappa shape index (κ1) is 17.7. The Hall–Kier alpha value is -2.31. The van der Waals surface area contributed by atoms with Crippen LogP contribution in [0.3, 0.4) is 0 Å². The molecule has 2 aromatic rings. The number of aliphatic hydroxyl groups excluding tert-OH is 1. The molecular formula is C15H18ClN3O3. The fraction of sp³-hybridized carbons (Fsp3) is 0.200. The number of aromatic nitrogens is 1. The van der Waals surface area contributed by atoms with E-state index in [1.807, 2.05) is 24.3 Å². The van der Waals surface area contributed by atoms with E-state index >= 15 is 0 Å². The van der Waals surface area contributed by atoms with Gasteiger partial charge in [0, 0.05) is 17.3 Å². The molecule has 0 saturated heterocycles. The molecule has 22 heavy (non-hydrogen) atoms. The quantitative estimate of drug-likeness (QED) is 0.581. The number of nitrogens with zero attached hydrogens (tertiary/aromatic N) is 2. The first-order valence-corrected chi connectivity index (χ1v) is 6.37. The summed E-state index contributed by atoms with van der Waals surface area (Å²) < 4.78 is 5.20. The number of hydrogen-bond acceptors (Lipinski definition) is 6. The second kappa shape index (κ2) is 8.21. The van der Waals surface area contributed by atoms with Crippen LogP contribution in [0.5, 0.6) is 11.5 Å². The second-order valence-electron chi connectivity index (χ2n) is 4.36. The summed E-state index contributed by atoms with van der Waals surface area (Å²) in [6.45, 7) is 1.46. The molecule has 118 valence electrons. The molecule has 1 aromatic heterocycles. The summed E-state index contributed by atoms with van der Waals surface area (Å²) in [5.74, 6) is 0.666. The van der Waals surface area contributed by atoms with Crippen LogP contribution < -0.4 is 10.2 Å². The van der Waals surface area contributed by atoms with Crippen LogP contribution in [0.4, 0.5) is 5.69 Å². The standard InChI is InChI=1S/C15H17N3O3.ClH/c1-10-15(20)12(11(9-19)7-16-10)8-17-18-13-5-3-4-6-14(13)21-2;/h3-8,18-20H,9H2,1-2H3;1H/b17-8+;. The minimum atomic E-state index is -0.225. The lowest BCUT2D eigenvalue weighted by Gasteiger charge is -2.08. The Balaban J connectivity index is 0.00000242. The van der Waals surface area contributed by atoms with E-state index in [4.69, 9.17) is 4.74 Å². The highest BCUT2D eigenvalue weighted by atomic mass is 35.5. The summed E-state index contributed by atoms with van der Waals surface area (Å²) in [5.41, 5.74) is 4.96. The van der Waals surface area contributed by atoms with Gasteiger partial charge >= 0.3 is 0 Å². The van der Waals surface area contributed by atoms with E-state index in [0.717, 1.165) is 0 Å². The maximum Gasteiger partial charge on any atom is 0.145 e. The monoisotopic (exact) mass is 323 g/mol. The summed E-state index contributed by atoms with van der Waals surface area (Å²) >= 11 is 0. The Kier molecular flexibility index (Phi) is 6.62. The zero-order chi connectivity index (χ0) is 15.2. The highest BCUT2D eigenvalue weighted by Crippen LogP contribution is 2.24. The van der Waals surface area contributed by atoms with Gasteiger partial charge in [0.15, 0.2) is 0 Å². The van der Waals surface area contributed by atoms with Crippen LogP contribution in [0.1, 0.15) is 16.8 Å². The summed E-state index contributed by atoms with van der Waals surface area (Å²) in [7, 11) is 1.58. The van der Waals surface area contributed by atoms with Crippen LogP contribution in [-0.2, 0) is 6.61 Å². The zero-order valence-electron chi connectivity index (χ0n) is 12.3. The number of aryl methyl sites for hydroxylation is 1. The molecule has 0 aliphatic rings. The lowest BCUT2D eigenvalue weighted by Crippen LogP contribution is -2.00. The highest BCUT2D eigenvalue weighted by Gasteiger charge is 2.09. The molecule has 0 aliphatic carbocycles. The first-order valence-electron chi connectivity index (χ1n) is 6.37. The van der Waals surface area contributed by atoms with Crippen molar-refractivity contribution in [3.05, 3.63) is 47.3 Å². The third kappa shape index (κ3) is 3.87. The molecule has 0 bridgehead atoms. The average molecular weight is 324 g/mol. The van der Waals surface area contributed by atoms with Gasteiger partial charge in [0.2, 0.25) is 0 Å². The number of aliphatic hydroxyl groups is 1. The predicted molar refractivity (Wildman–Crippen MR) is 88.0 cm³/mol. The number of nitrogens with one attached hydrogen (secondary N) is 1. The molecule has 1 aromatic carbocycles. The number of benzene rings is 1. The summed E-state index contributed by atoms with van der Waals surface area (Å²) in [6, 6.07) is 7.34. The molecule has 0 saturated carbocycles. The average Bonchev–Trinajstić information content (AvgIpc) is 2.52. The Morgan fingerprint density at radius 3 is 2.77 bits per heavy atom. The molecule has 3 N–H and O–H groups in total. The van der Waals surface area contributed by atoms with Gasteiger partial charge in [-0.3, -0.25) is 10.4 Å². The maximum atomic E-state index is 9.99. The first-order chi connectivity index (χ1) is 10.2. The minimum absolute atomic E-state index is 0. The van der Waals surface area contributed by atoms with Crippen molar-refractivity contribution in [2.75, 3.05) is 12.5 Å². The van der Waals surface area contributed by atoms with E-state index in [1.54, 1.807) is 14.0 Å². The largest absolute Gasteiger partial charge is 0.505 e. The van der Waals surface area contributed by atoms with Gasteiger partial charge < -0.3 is 14.9 Å². The maximum absolute atomic E-state index is 9.99. The van der Waals surface area contributed by atoms with Crippen molar-refractivity contribution in [2.45, 2.75) is 13.5 Å². The van der Waals surface area contributed by atoms with E-state index in [0.29, 0.717) is 28.3 Å². The van der Waals surface area contributed by atoms with Crippen LogP contribution in [0.25, 0.3) is 0 Å². The molecule has 1 heterocycles. The van der Waals surface area contributed by atoms with E-state index in [1.165, 1.54) is 12.4 Å². The lowest BCUT2D eigenvalue weighted by molar-refractivity contribution is 0.280. The molecule has 0 atom stereocenters. The van der Waals surface area contributed by atoms with Crippen molar-refractivity contribution in [3.63, 3.8) is 0 Å². The van der Waals surface area contributed by atoms with Crippen LogP contribution in [0.15, 0.2) is 35.6 Å². The van der Waals surface area contributed by atoms with Gasteiger partial charge in [0.25, 0.3) is 0 Å². The molecular weight excluding hydrogens is 306 g/mol. The predicted octanol–water partition coefficient (Wildman–Crippen LogP) is 2.46. The van der Waals surface area contributed by atoms with Crippen LogP contribution in [0, 0.1) is 6.92 Å². The minimum Gasteiger partial charge on any atom is -0.505 e. The highest BCUT2D eigenvalue weighted by molar-refractivity contribution is 5.86. The van der Waals surface area contributed by atoms with Gasteiger partial charge in [-0.05, 0) is 19.1 Å². The SMILES string of the molecule is COc1ccccc1N/N=C/c1c(CO)cnc(C)c1O.Cl. The number of rotatable bonds is 5. The summed E-state index contributed by atoms with van der Waals surface area (Å²) in [5, 5.41) is 23.3. The van der Waals surface area contributed by atoms with Crippen molar-refractivity contribution < 1.29 is 14.9 Å². The van der Waals surface area contributed by atoms with E-state index < -0.39 is 0 Å².